The van der Waals surface area contributed by atoms with E-state index in [9.17, 15) is 4.79 Å². The molecule has 6 heteroatoms. The molecule has 0 aliphatic heterocycles. The van der Waals surface area contributed by atoms with Crippen LogP contribution in [0.15, 0.2) is 36.5 Å². The third-order valence-corrected chi connectivity index (χ3v) is 2.54. The number of benzene rings is 1. The lowest BCUT2D eigenvalue weighted by Crippen LogP contribution is -2.06. The maximum atomic E-state index is 10.9. The van der Waals surface area contributed by atoms with Gasteiger partial charge in [-0.25, -0.2) is 9.78 Å². The van der Waals surface area contributed by atoms with Crippen LogP contribution < -0.4 is 11.1 Å². The Morgan fingerprint density at radius 3 is 2.83 bits per heavy atom. The molecule has 4 N–H and O–H groups in total. The van der Waals surface area contributed by atoms with E-state index in [0.717, 1.165) is 0 Å². The Labute approximate surface area is 108 Å². The standard InChI is InChI=1S/C12H10ClN3O2/c13-7-2-1-3-8(6-7)16-11-10(14)9(12(17)18)4-5-15-11/h1-6H,14H2,(H,15,16)(H,17,18). The van der Waals surface area contributed by atoms with Crippen molar-refractivity contribution in [3.05, 3.63) is 47.1 Å². The van der Waals surface area contributed by atoms with Gasteiger partial charge in [-0.1, -0.05) is 17.7 Å². The van der Waals surface area contributed by atoms with Gasteiger partial charge < -0.3 is 16.2 Å². The molecule has 1 aromatic carbocycles. The van der Waals surface area contributed by atoms with E-state index in [1.807, 2.05) is 0 Å². The summed E-state index contributed by atoms with van der Waals surface area (Å²) in [4.78, 5) is 14.9. The number of pyridine rings is 1. The number of nitrogens with zero attached hydrogens (tertiary/aromatic N) is 1. The molecule has 0 amide bonds. The third-order valence-electron chi connectivity index (χ3n) is 2.31. The van der Waals surface area contributed by atoms with Crippen LogP contribution in [0.25, 0.3) is 0 Å². The molecule has 0 radical (unpaired) electrons. The lowest BCUT2D eigenvalue weighted by atomic mass is 10.2. The number of aromatic nitrogens is 1. The summed E-state index contributed by atoms with van der Waals surface area (Å²) in [5.41, 5.74) is 6.51. The van der Waals surface area contributed by atoms with Crippen LogP contribution in [0.2, 0.25) is 5.02 Å². The van der Waals surface area contributed by atoms with Gasteiger partial charge in [0.05, 0.1) is 11.3 Å². The van der Waals surface area contributed by atoms with Gasteiger partial charge in [-0.2, -0.15) is 0 Å². The summed E-state index contributed by atoms with van der Waals surface area (Å²) in [6, 6.07) is 8.32. The Bertz CT molecular complexity index is 602. The zero-order valence-electron chi connectivity index (χ0n) is 9.22. The monoisotopic (exact) mass is 263 g/mol. The Morgan fingerprint density at radius 1 is 1.39 bits per heavy atom. The fourth-order valence-electron chi connectivity index (χ4n) is 1.46. The van der Waals surface area contributed by atoms with Gasteiger partial charge in [0.2, 0.25) is 0 Å². The van der Waals surface area contributed by atoms with Crippen molar-refractivity contribution < 1.29 is 9.90 Å². The molecule has 18 heavy (non-hydrogen) atoms. The number of carboxylic acid groups (broad SMARTS) is 1. The number of carboxylic acids is 1. The summed E-state index contributed by atoms with van der Waals surface area (Å²) in [6.45, 7) is 0. The molecule has 0 saturated carbocycles. The minimum Gasteiger partial charge on any atom is -0.478 e. The number of nitrogens with two attached hydrogens (primary N) is 1. The van der Waals surface area contributed by atoms with Crippen LogP contribution in [0.5, 0.6) is 0 Å². The molecule has 2 rings (SSSR count). The summed E-state index contributed by atoms with van der Waals surface area (Å²) >= 11 is 5.85. The van der Waals surface area contributed by atoms with E-state index in [2.05, 4.69) is 10.3 Å². The van der Waals surface area contributed by atoms with Crippen LogP contribution >= 0.6 is 11.6 Å². The average Bonchev–Trinajstić information content (AvgIpc) is 2.31. The first kappa shape index (κ1) is 12.2. The van der Waals surface area contributed by atoms with Gasteiger partial charge in [0.15, 0.2) is 5.82 Å². The first-order chi connectivity index (χ1) is 8.58. The van der Waals surface area contributed by atoms with E-state index in [4.69, 9.17) is 22.4 Å². The topological polar surface area (TPSA) is 88.2 Å². The molecular formula is C12H10ClN3O2. The Hall–Kier alpha value is -2.27. The number of aromatic carboxylic acids is 1. The predicted molar refractivity (Wildman–Crippen MR) is 70.3 cm³/mol. The summed E-state index contributed by atoms with van der Waals surface area (Å²) in [7, 11) is 0. The molecule has 0 aliphatic rings. The maximum absolute atomic E-state index is 10.9. The van der Waals surface area contributed by atoms with E-state index in [1.54, 1.807) is 24.3 Å². The molecule has 0 unspecified atom stereocenters. The summed E-state index contributed by atoms with van der Waals surface area (Å²) in [6.07, 6.45) is 1.38. The molecule has 5 nitrogen and oxygen atoms in total. The number of carbonyl (C=O) groups is 1. The van der Waals surface area contributed by atoms with Crippen molar-refractivity contribution in [3.63, 3.8) is 0 Å². The molecule has 2 aromatic rings. The molecular weight excluding hydrogens is 254 g/mol. The van der Waals surface area contributed by atoms with Crippen molar-refractivity contribution >= 4 is 34.8 Å². The first-order valence-electron chi connectivity index (χ1n) is 5.08. The van der Waals surface area contributed by atoms with Crippen LogP contribution in [0.1, 0.15) is 10.4 Å². The Morgan fingerprint density at radius 2 is 2.17 bits per heavy atom. The van der Waals surface area contributed by atoms with Gasteiger partial charge >= 0.3 is 5.97 Å². The lowest BCUT2D eigenvalue weighted by molar-refractivity contribution is 0.0698. The van der Waals surface area contributed by atoms with Gasteiger partial charge in [-0.05, 0) is 24.3 Å². The van der Waals surface area contributed by atoms with Crippen molar-refractivity contribution in [1.29, 1.82) is 0 Å². The van der Waals surface area contributed by atoms with Crippen LogP contribution in [0.4, 0.5) is 17.2 Å². The Kier molecular flexibility index (Phi) is 3.34. The first-order valence-corrected chi connectivity index (χ1v) is 5.46. The molecule has 0 aliphatic carbocycles. The van der Waals surface area contributed by atoms with E-state index in [-0.39, 0.29) is 17.1 Å². The van der Waals surface area contributed by atoms with E-state index < -0.39 is 5.97 Å². The molecule has 0 atom stereocenters. The molecule has 1 heterocycles. The predicted octanol–water partition coefficient (Wildman–Crippen LogP) is 2.76. The second kappa shape index (κ2) is 4.93. The molecule has 0 saturated heterocycles. The minimum absolute atomic E-state index is 0.00882. The van der Waals surface area contributed by atoms with Gasteiger partial charge in [0.1, 0.15) is 0 Å². The SMILES string of the molecule is Nc1c(C(=O)O)ccnc1Nc1cccc(Cl)c1. The molecule has 0 bridgehead atoms. The lowest BCUT2D eigenvalue weighted by Gasteiger charge is -2.10. The van der Waals surface area contributed by atoms with Gasteiger partial charge in [-0.3, -0.25) is 0 Å². The number of nitrogens with one attached hydrogen (secondary N) is 1. The van der Waals surface area contributed by atoms with Gasteiger partial charge in [-0.15, -0.1) is 0 Å². The van der Waals surface area contributed by atoms with Crippen molar-refractivity contribution in [3.8, 4) is 0 Å². The number of hydrogen-bond donors (Lipinski definition) is 3. The summed E-state index contributed by atoms with van der Waals surface area (Å²) in [5.74, 6) is -0.804. The molecule has 0 spiro atoms. The van der Waals surface area contributed by atoms with Crippen LogP contribution in [0.3, 0.4) is 0 Å². The smallest absolute Gasteiger partial charge is 0.337 e. The van der Waals surface area contributed by atoms with Crippen LogP contribution in [-0.2, 0) is 0 Å². The fourth-order valence-corrected chi connectivity index (χ4v) is 1.65. The fraction of sp³-hybridized carbons (Fsp3) is 0. The van der Waals surface area contributed by atoms with E-state index >= 15 is 0 Å². The summed E-state index contributed by atoms with van der Waals surface area (Å²) in [5, 5.41) is 12.4. The van der Waals surface area contributed by atoms with E-state index in [0.29, 0.717) is 10.7 Å². The second-order valence-corrected chi connectivity index (χ2v) is 4.00. The van der Waals surface area contributed by atoms with Crippen LogP contribution in [-0.4, -0.2) is 16.1 Å². The highest BCUT2D eigenvalue weighted by Gasteiger charge is 2.12. The van der Waals surface area contributed by atoms with Crippen molar-refractivity contribution in [1.82, 2.24) is 4.98 Å². The number of hydrogen-bond acceptors (Lipinski definition) is 4. The van der Waals surface area contributed by atoms with Crippen LogP contribution in [0, 0.1) is 0 Å². The highest BCUT2D eigenvalue weighted by molar-refractivity contribution is 6.30. The largest absolute Gasteiger partial charge is 0.478 e. The number of halogens is 1. The maximum Gasteiger partial charge on any atom is 0.337 e. The number of rotatable bonds is 3. The van der Waals surface area contributed by atoms with Crippen molar-refractivity contribution in [2.75, 3.05) is 11.1 Å². The quantitative estimate of drug-likeness (QED) is 0.792. The highest BCUT2D eigenvalue weighted by Crippen LogP contribution is 2.25. The highest BCUT2D eigenvalue weighted by atomic mass is 35.5. The number of nitrogen functional groups attached to an aromatic ring is 1. The number of anilines is 3. The molecule has 0 fully saturated rings. The molecule has 1 aromatic heterocycles. The zero-order chi connectivity index (χ0) is 13.1. The van der Waals surface area contributed by atoms with Gasteiger partial charge in [0.25, 0.3) is 0 Å². The normalized spacial score (nSPS) is 10.1. The zero-order valence-corrected chi connectivity index (χ0v) is 9.98. The van der Waals surface area contributed by atoms with Gasteiger partial charge in [0, 0.05) is 16.9 Å². The minimum atomic E-state index is -1.09. The van der Waals surface area contributed by atoms with Crippen molar-refractivity contribution in [2.24, 2.45) is 0 Å². The second-order valence-electron chi connectivity index (χ2n) is 3.56. The average molecular weight is 264 g/mol. The third kappa shape index (κ3) is 2.52. The van der Waals surface area contributed by atoms with Crippen molar-refractivity contribution in [2.45, 2.75) is 0 Å². The summed E-state index contributed by atoms with van der Waals surface area (Å²) < 4.78 is 0. The Balaban J connectivity index is 2.35. The molecule has 92 valence electrons. The van der Waals surface area contributed by atoms with E-state index in [1.165, 1.54) is 12.3 Å².